The van der Waals surface area contributed by atoms with Gasteiger partial charge in [0.15, 0.2) is 0 Å². The fourth-order valence-corrected chi connectivity index (χ4v) is 2.47. The van der Waals surface area contributed by atoms with Gasteiger partial charge < -0.3 is 10.1 Å². The van der Waals surface area contributed by atoms with Crippen LogP contribution in [-0.4, -0.2) is 18.9 Å². The molecule has 0 aliphatic carbocycles. The fraction of sp³-hybridized carbons (Fsp3) is 0.533. The molecule has 0 heterocycles. The maximum Gasteiger partial charge on any atom is 0.412 e. The summed E-state index contributed by atoms with van der Waals surface area (Å²) in [7, 11) is 0. The van der Waals surface area contributed by atoms with Crippen LogP contribution in [0, 0.1) is 13.8 Å². The fourth-order valence-electron chi connectivity index (χ4n) is 1.79. The van der Waals surface area contributed by atoms with E-state index in [9.17, 15) is 4.79 Å². The molecule has 0 fully saturated rings. The van der Waals surface area contributed by atoms with Crippen LogP contribution in [-0.2, 0) is 0 Å². The highest BCUT2D eigenvalue weighted by Crippen LogP contribution is 2.28. The van der Waals surface area contributed by atoms with E-state index in [4.69, 9.17) is 4.74 Å². The van der Waals surface area contributed by atoms with E-state index in [0.29, 0.717) is 12.3 Å². The zero-order valence-corrected chi connectivity index (χ0v) is 13.0. The van der Waals surface area contributed by atoms with E-state index in [1.54, 1.807) is 11.8 Å². The molecule has 1 aromatic rings. The molecule has 4 heteroatoms. The number of carbonyl (C=O) groups is 1. The molecule has 0 aliphatic heterocycles. The molecule has 19 heavy (non-hydrogen) atoms. The molecule has 0 bridgehead atoms. The zero-order chi connectivity index (χ0) is 14.3. The Morgan fingerprint density at radius 2 is 2.00 bits per heavy atom. The highest BCUT2D eigenvalue weighted by Gasteiger charge is 2.09. The van der Waals surface area contributed by atoms with Gasteiger partial charge in [-0.25, -0.2) is 4.79 Å². The van der Waals surface area contributed by atoms with Crippen molar-refractivity contribution in [3.8, 4) is 5.75 Å². The number of unbranched alkanes of at least 4 members (excludes halogenated alkanes) is 2. The molecule has 1 N–H and O–H groups in total. The molecule has 0 aliphatic rings. The minimum Gasteiger partial charge on any atom is -0.410 e. The number of rotatable bonds is 6. The number of nitrogens with one attached hydrogen (secondary N) is 1. The van der Waals surface area contributed by atoms with Gasteiger partial charge in [-0.3, -0.25) is 0 Å². The number of hydrogen-bond donors (Lipinski definition) is 1. The summed E-state index contributed by atoms with van der Waals surface area (Å²) in [5.41, 5.74) is 2.12. The quantitative estimate of drug-likeness (QED) is 0.624. The highest BCUT2D eigenvalue weighted by molar-refractivity contribution is 7.98. The second-order valence-electron chi connectivity index (χ2n) is 4.61. The van der Waals surface area contributed by atoms with Gasteiger partial charge in [0.1, 0.15) is 5.75 Å². The number of benzene rings is 1. The number of aryl methyl sites for hydroxylation is 2. The minimum absolute atomic E-state index is 0.365. The van der Waals surface area contributed by atoms with Gasteiger partial charge in [-0.1, -0.05) is 19.8 Å². The lowest BCUT2D eigenvalue weighted by Crippen LogP contribution is -2.27. The monoisotopic (exact) mass is 281 g/mol. The van der Waals surface area contributed by atoms with Gasteiger partial charge in [-0.05, 0) is 49.8 Å². The molecule has 1 rings (SSSR count). The van der Waals surface area contributed by atoms with Crippen molar-refractivity contribution in [2.24, 2.45) is 0 Å². The van der Waals surface area contributed by atoms with Crippen LogP contribution < -0.4 is 10.1 Å². The topological polar surface area (TPSA) is 38.3 Å². The first-order chi connectivity index (χ1) is 9.08. The molecule has 0 saturated carbocycles. The maximum absolute atomic E-state index is 11.7. The third-order valence-corrected chi connectivity index (χ3v) is 3.82. The summed E-state index contributed by atoms with van der Waals surface area (Å²) in [5, 5.41) is 2.77. The van der Waals surface area contributed by atoms with Crippen molar-refractivity contribution in [1.82, 2.24) is 5.32 Å². The van der Waals surface area contributed by atoms with Crippen LogP contribution in [0.4, 0.5) is 4.79 Å². The van der Waals surface area contributed by atoms with Crippen molar-refractivity contribution >= 4 is 17.9 Å². The van der Waals surface area contributed by atoms with Gasteiger partial charge in [0.05, 0.1) is 0 Å². The molecule has 0 aromatic heterocycles. The number of amides is 1. The average molecular weight is 281 g/mol. The SMILES string of the molecule is CCCCCNC(=O)Oc1cc(C)c(SC)cc1C. The second-order valence-corrected chi connectivity index (χ2v) is 5.46. The van der Waals surface area contributed by atoms with Crippen molar-refractivity contribution in [3.05, 3.63) is 23.3 Å². The summed E-state index contributed by atoms with van der Waals surface area (Å²) >= 11 is 1.70. The van der Waals surface area contributed by atoms with Crippen LogP contribution in [0.15, 0.2) is 17.0 Å². The van der Waals surface area contributed by atoms with E-state index < -0.39 is 0 Å². The Morgan fingerprint density at radius 3 is 2.63 bits per heavy atom. The summed E-state index contributed by atoms with van der Waals surface area (Å²) in [4.78, 5) is 12.9. The smallest absolute Gasteiger partial charge is 0.410 e. The maximum atomic E-state index is 11.7. The highest BCUT2D eigenvalue weighted by atomic mass is 32.2. The van der Waals surface area contributed by atoms with E-state index in [1.807, 2.05) is 26.2 Å². The van der Waals surface area contributed by atoms with Crippen molar-refractivity contribution in [2.75, 3.05) is 12.8 Å². The Balaban J connectivity index is 2.57. The first-order valence-electron chi connectivity index (χ1n) is 6.69. The van der Waals surface area contributed by atoms with Crippen molar-refractivity contribution < 1.29 is 9.53 Å². The van der Waals surface area contributed by atoms with E-state index in [1.165, 1.54) is 4.90 Å². The lowest BCUT2D eigenvalue weighted by molar-refractivity contribution is 0.200. The molecular formula is C15H23NO2S. The van der Waals surface area contributed by atoms with E-state index in [-0.39, 0.29) is 6.09 Å². The van der Waals surface area contributed by atoms with Gasteiger partial charge >= 0.3 is 6.09 Å². The lowest BCUT2D eigenvalue weighted by atomic mass is 10.1. The van der Waals surface area contributed by atoms with Crippen molar-refractivity contribution in [3.63, 3.8) is 0 Å². The van der Waals surface area contributed by atoms with Crippen molar-refractivity contribution in [1.29, 1.82) is 0 Å². The Kier molecular flexibility index (Phi) is 6.78. The molecule has 0 radical (unpaired) electrons. The Bertz CT molecular complexity index is 432. The molecule has 1 amide bonds. The second kappa shape index (κ2) is 8.10. The Morgan fingerprint density at radius 1 is 1.26 bits per heavy atom. The molecule has 0 unspecified atom stereocenters. The molecule has 0 spiro atoms. The molecule has 1 aromatic carbocycles. The standard InChI is InChI=1S/C15H23NO2S/c1-5-6-7-8-16-15(17)18-13-9-12(3)14(19-4)10-11(13)2/h9-10H,5-8H2,1-4H3,(H,16,17). The predicted molar refractivity (Wildman–Crippen MR) is 81.2 cm³/mol. The van der Waals surface area contributed by atoms with E-state index in [2.05, 4.69) is 18.3 Å². The van der Waals surface area contributed by atoms with Gasteiger partial charge in [0, 0.05) is 11.4 Å². The molecule has 106 valence electrons. The summed E-state index contributed by atoms with van der Waals surface area (Å²) in [6, 6.07) is 3.98. The average Bonchev–Trinajstić information content (AvgIpc) is 2.38. The predicted octanol–water partition coefficient (Wildman–Crippen LogP) is 4.30. The van der Waals surface area contributed by atoms with E-state index >= 15 is 0 Å². The van der Waals surface area contributed by atoms with Crippen LogP contribution in [0.2, 0.25) is 0 Å². The summed E-state index contributed by atoms with van der Waals surface area (Å²) in [5.74, 6) is 0.642. The number of hydrogen-bond acceptors (Lipinski definition) is 3. The summed E-state index contributed by atoms with van der Waals surface area (Å²) in [6.07, 6.45) is 4.94. The molecule has 3 nitrogen and oxygen atoms in total. The number of carbonyl (C=O) groups excluding carboxylic acids is 1. The molecule has 0 atom stereocenters. The summed E-state index contributed by atoms with van der Waals surface area (Å²) < 4.78 is 5.35. The Hall–Kier alpha value is -1.16. The largest absolute Gasteiger partial charge is 0.412 e. The number of ether oxygens (including phenoxy) is 1. The lowest BCUT2D eigenvalue weighted by Gasteiger charge is -2.11. The van der Waals surface area contributed by atoms with Gasteiger partial charge in [-0.15, -0.1) is 11.8 Å². The van der Waals surface area contributed by atoms with E-state index in [0.717, 1.165) is 30.4 Å². The minimum atomic E-state index is -0.365. The van der Waals surface area contributed by atoms with Gasteiger partial charge in [0.2, 0.25) is 0 Å². The third-order valence-electron chi connectivity index (χ3n) is 2.94. The number of thioether (sulfide) groups is 1. The first-order valence-corrected chi connectivity index (χ1v) is 7.91. The molecular weight excluding hydrogens is 258 g/mol. The summed E-state index contributed by atoms with van der Waals surface area (Å²) in [6.45, 7) is 6.79. The zero-order valence-electron chi connectivity index (χ0n) is 12.2. The van der Waals surface area contributed by atoms with Crippen LogP contribution in [0.3, 0.4) is 0 Å². The Labute approximate surface area is 120 Å². The van der Waals surface area contributed by atoms with Crippen LogP contribution in [0.1, 0.15) is 37.3 Å². The van der Waals surface area contributed by atoms with Gasteiger partial charge in [0.25, 0.3) is 0 Å². The van der Waals surface area contributed by atoms with Crippen LogP contribution >= 0.6 is 11.8 Å². The first kappa shape index (κ1) is 15.9. The normalized spacial score (nSPS) is 10.3. The van der Waals surface area contributed by atoms with Crippen LogP contribution in [0.25, 0.3) is 0 Å². The van der Waals surface area contributed by atoms with Gasteiger partial charge in [-0.2, -0.15) is 0 Å². The molecule has 0 saturated heterocycles. The van der Waals surface area contributed by atoms with Crippen molar-refractivity contribution in [2.45, 2.75) is 44.9 Å². The third kappa shape index (κ3) is 5.15. The van der Waals surface area contributed by atoms with Crippen LogP contribution in [0.5, 0.6) is 5.75 Å².